The lowest BCUT2D eigenvalue weighted by Gasteiger charge is -2.31. The molecule has 1 fully saturated rings. The van der Waals surface area contributed by atoms with Crippen molar-refractivity contribution < 1.29 is 52.7 Å². The highest BCUT2D eigenvalue weighted by atomic mass is 32.1. The fourth-order valence-corrected chi connectivity index (χ4v) is 9.30. The van der Waals surface area contributed by atoms with Crippen molar-refractivity contribution in [3.8, 4) is 39.5 Å². The van der Waals surface area contributed by atoms with Crippen LogP contribution in [0.4, 0.5) is 5.69 Å². The van der Waals surface area contributed by atoms with Crippen LogP contribution in [0.2, 0.25) is 0 Å². The number of anilines is 1. The van der Waals surface area contributed by atoms with E-state index in [0.717, 1.165) is 32.9 Å². The quantitative estimate of drug-likeness (QED) is 0.0233. The monoisotopic (exact) mass is 1160 g/mol. The van der Waals surface area contributed by atoms with Crippen LogP contribution in [0.25, 0.3) is 22.0 Å². The van der Waals surface area contributed by atoms with Crippen molar-refractivity contribution in [3.05, 3.63) is 125 Å². The van der Waals surface area contributed by atoms with Gasteiger partial charge in [-0.25, -0.2) is 19.9 Å². The van der Waals surface area contributed by atoms with Gasteiger partial charge in [0.25, 0.3) is 11.8 Å². The van der Waals surface area contributed by atoms with E-state index in [-0.39, 0.29) is 51.0 Å². The van der Waals surface area contributed by atoms with Gasteiger partial charge in [-0.2, -0.15) is 0 Å². The molecule has 6 aromatic rings. The van der Waals surface area contributed by atoms with Crippen molar-refractivity contribution in [2.24, 2.45) is 23.4 Å². The van der Waals surface area contributed by atoms with Gasteiger partial charge in [0.2, 0.25) is 11.8 Å². The predicted molar refractivity (Wildman–Crippen MR) is 312 cm³/mol. The van der Waals surface area contributed by atoms with Gasteiger partial charge in [-0.15, -0.1) is 21.5 Å². The minimum Gasteiger partial charge on any atom is -0.491 e. The smallest absolute Gasteiger partial charge is 0.296 e. The molecule has 2 unspecified atom stereocenters. The second-order valence-corrected chi connectivity index (χ2v) is 21.2. The van der Waals surface area contributed by atoms with Gasteiger partial charge in [0, 0.05) is 56.8 Å². The van der Waals surface area contributed by atoms with Crippen molar-refractivity contribution in [2.75, 3.05) is 84.5 Å². The molecule has 0 saturated carbocycles. The number of rotatable bonds is 31. The Morgan fingerprint density at radius 3 is 2.17 bits per heavy atom. The van der Waals surface area contributed by atoms with Gasteiger partial charge in [-0.1, -0.05) is 69.2 Å². The zero-order chi connectivity index (χ0) is 58.8. The van der Waals surface area contributed by atoms with Crippen LogP contribution in [0, 0.1) is 30.1 Å². The predicted octanol–water partition coefficient (Wildman–Crippen LogP) is 5.64. The molecular formula is C60H73N11O11S. The Hall–Kier alpha value is -7.82. The molecule has 3 atom stereocenters. The molecule has 0 aliphatic carbocycles. The number of carbonyl (C=O) groups is 4. The number of ether oxygens (including phenoxy) is 6. The molecule has 1 aliphatic rings. The summed E-state index contributed by atoms with van der Waals surface area (Å²) in [4.78, 5) is 71.5. The van der Waals surface area contributed by atoms with Gasteiger partial charge in [0.15, 0.2) is 11.6 Å². The Kier molecular flexibility index (Phi) is 24.7. The van der Waals surface area contributed by atoms with Crippen molar-refractivity contribution in [3.63, 3.8) is 0 Å². The Labute approximate surface area is 487 Å². The number of hydrogen-bond donors (Lipinski definition) is 4. The number of aromatic nitrogens is 6. The first-order valence-corrected chi connectivity index (χ1v) is 28.3. The Morgan fingerprint density at radius 2 is 1.49 bits per heavy atom. The molecule has 83 heavy (non-hydrogen) atoms. The van der Waals surface area contributed by atoms with Crippen LogP contribution in [0.1, 0.15) is 66.6 Å². The summed E-state index contributed by atoms with van der Waals surface area (Å²) >= 11 is 1.57. The zero-order valence-electron chi connectivity index (χ0n) is 47.6. The number of hydrogen-bond acceptors (Lipinski definition) is 18. The standard InChI is InChI=1S/C60H73N11O11S/c1-42-56(83-41-67-42)45-14-12-43(13-15-45)35-63-54(73)17-16-48-34-49(72)39-71(48)59(76)51(60(2,3)4)37-64-55(74)19-21-77-22-23-78-24-25-79-26-27-80-28-29-81-30-31-82-50-11-6-8-44(32-50)36-65-58(75)46-9-7-10-47(33-46)62-38-53-68-69-57(70(53)5)52-18-20-61-40-66-52/h6-15,18,20,32-33,37,40-41,48-49,51,62,72H,19,21-31,34-36,38-39H2,1-5H3,(H,63,73)(H,65,75)/t48?,49-,51?/m1/s1. The average Bonchev–Trinajstić information content (AvgIpc) is 4.45. The number of aryl methyl sites for hydroxylation is 1. The average molecular weight is 1160 g/mol. The summed E-state index contributed by atoms with van der Waals surface area (Å²) in [5.74, 6) is 5.23. The van der Waals surface area contributed by atoms with Gasteiger partial charge in [-0.05, 0) is 71.3 Å². The van der Waals surface area contributed by atoms with Crippen LogP contribution in [0.5, 0.6) is 5.75 Å². The molecule has 22 nitrogen and oxygen atoms in total. The maximum atomic E-state index is 13.9. The first kappa shape index (κ1) is 62.8. The van der Waals surface area contributed by atoms with E-state index in [1.54, 1.807) is 35.7 Å². The number of benzene rings is 3. The molecule has 4 amide bonds. The van der Waals surface area contributed by atoms with E-state index >= 15 is 0 Å². The van der Waals surface area contributed by atoms with E-state index in [9.17, 15) is 24.3 Å². The summed E-state index contributed by atoms with van der Waals surface area (Å²) in [6, 6.07) is 23.8. The third-order valence-electron chi connectivity index (χ3n) is 13.0. The lowest BCUT2D eigenvalue weighted by Crippen LogP contribution is -2.44. The molecule has 1 saturated heterocycles. The van der Waals surface area contributed by atoms with E-state index in [1.807, 2.05) is 105 Å². The van der Waals surface area contributed by atoms with Crippen LogP contribution in [0.3, 0.4) is 0 Å². The maximum absolute atomic E-state index is 13.9. The maximum Gasteiger partial charge on any atom is 0.296 e. The molecule has 4 heterocycles. The topological polar surface area (TPSA) is 265 Å². The number of likely N-dealkylation sites (tertiary alicyclic amines) is 1. The number of amides is 4. The van der Waals surface area contributed by atoms with Gasteiger partial charge in [0.1, 0.15) is 24.4 Å². The van der Waals surface area contributed by atoms with E-state index < -0.39 is 35.3 Å². The van der Waals surface area contributed by atoms with E-state index in [0.29, 0.717) is 101 Å². The molecule has 3 aromatic heterocycles. The number of aliphatic imine (C=N–C) groups is 1. The van der Waals surface area contributed by atoms with Gasteiger partial charge in [-0.3, -0.25) is 19.2 Å². The second-order valence-electron chi connectivity index (χ2n) is 20.3. The first-order chi connectivity index (χ1) is 40.2. The van der Waals surface area contributed by atoms with Crippen LogP contribution in [-0.4, -0.2) is 161 Å². The number of β-amino-alcohol motifs (C(OH)–C–C–N with tert-alkyl or cyclic N) is 1. The van der Waals surface area contributed by atoms with Crippen molar-refractivity contribution in [2.45, 2.75) is 72.3 Å². The summed E-state index contributed by atoms with van der Waals surface area (Å²) in [7, 11) is 1.87. The van der Waals surface area contributed by atoms with Crippen LogP contribution in [-0.2, 0) is 64.7 Å². The van der Waals surface area contributed by atoms with Gasteiger partial charge >= 0.3 is 0 Å². The number of carbonyl (C=O) groups excluding carboxylic acids is 4. The van der Waals surface area contributed by atoms with Crippen LogP contribution in [0.15, 0.2) is 102 Å². The fourth-order valence-electron chi connectivity index (χ4n) is 8.48. The van der Waals surface area contributed by atoms with Crippen molar-refractivity contribution in [1.29, 1.82) is 0 Å². The Balaban J connectivity index is 0.670. The highest BCUT2D eigenvalue weighted by Gasteiger charge is 2.40. The number of nitrogens with zero attached hydrogens (tertiary/aromatic N) is 8. The summed E-state index contributed by atoms with van der Waals surface area (Å²) in [6.45, 7) is 12.4. The van der Waals surface area contributed by atoms with E-state index in [2.05, 4.69) is 57.9 Å². The molecule has 7 rings (SSSR count). The minimum atomic E-state index is -0.806. The molecule has 0 bridgehead atoms. The molecule has 23 heteroatoms. The minimum absolute atomic E-state index is 0.0174. The van der Waals surface area contributed by atoms with Gasteiger partial charge < -0.3 is 58.9 Å². The number of thiazole rings is 1. The number of nitrogens with one attached hydrogen (secondary N) is 3. The largest absolute Gasteiger partial charge is 0.491 e. The first-order valence-electron chi connectivity index (χ1n) is 27.4. The molecule has 440 valence electrons. The number of aliphatic hydroxyl groups excluding tert-OH is 1. The normalized spacial score (nSPS) is 14.5. The van der Waals surface area contributed by atoms with Crippen LogP contribution < -0.4 is 20.7 Å². The summed E-state index contributed by atoms with van der Waals surface area (Å²) in [5, 5.41) is 28.2. The lowest BCUT2D eigenvalue weighted by molar-refractivity contribution is -0.136. The lowest BCUT2D eigenvalue weighted by atomic mass is 9.80. The highest BCUT2D eigenvalue weighted by molar-refractivity contribution is 7.13. The Bertz CT molecular complexity index is 3120. The fraction of sp³-hybridized carbons (Fsp3) is 0.433. The molecule has 3 aromatic carbocycles. The molecule has 0 radical (unpaired) electrons. The van der Waals surface area contributed by atoms with Crippen LogP contribution >= 0.6 is 11.3 Å². The summed E-state index contributed by atoms with van der Waals surface area (Å²) < 4.78 is 35.7. The van der Waals surface area contributed by atoms with Crippen molar-refractivity contribution in [1.82, 2.24) is 45.2 Å². The summed E-state index contributed by atoms with van der Waals surface area (Å²) in [5.41, 5.74) is 6.98. The number of aliphatic hydroxyl groups is 1. The molecule has 0 spiro atoms. The Morgan fingerprint density at radius 1 is 0.807 bits per heavy atom. The molecule has 4 N–H and O–H groups in total. The van der Waals surface area contributed by atoms with Crippen molar-refractivity contribution >= 4 is 46.9 Å². The highest BCUT2D eigenvalue weighted by Crippen LogP contribution is 2.30. The van der Waals surface area contributed by atoms with E-state index in [1.165, 1.54) is 17.4 Å². The molecule has 1 aliphatic heterocycles. The van der Waals surface area contributed by atoms with E-state index in [4.69, 9.17) is 28.4 Å². The second kappa shape index (κ2) is 32.7. The summed E-state index contributed by atoms with van der Waals surface area (Å²) in [6.07, 6.45) is 3.90. The van der Waals surface area contributed by atoms with Gasteiger partial charge in [0.05, 0.1) is 113 Å². The third-order valence-corrected chi connectivity index (χ3v) is 14.0. The zero-order valence-corrected chi connectivity index (χ0v) is 48.4. The SMILES string of the molecule is Cc1ncsc1-c1ccc(CNC(=O)C#CC2C[C@@H](O)CN2C(=O)C(C=NC(=O)CCOCCOCCOCCOCCOCCOc2cccc(CNC(=O)c3cccc(NCc4nnc(-c5ccncn5)n4C)c3)c2)C(C)(C)C)cc1. The third kappa shape index (κ3) is 20.5. The molecular weight excluding hydrogens is 1080 g/mol.